The van der Waals surface area contributed by atoms with Crippen molar-refractivity contribution >= 4 is 11.6 Å². The summed E-state index contributed by atoms with van der Waals surface area (Å²) in [5, 5.41) is 3.35. The predicted molar refractivity (Wildman–Crippen MR) is 82.1 cm³/mol. The first-order valence-corrected chi connectivity index (χ1v) is 7.68. The first-order chi connectivity index (χ1) is 9.67. The highest BCUT2D eigenvalue weighted by Gasteiger charge is 2.29. The van der Waals surface area contributed by atoms with Crippen molar-refractivity contribution in [2.45, 2.75) is 52.5 Å². The van der Waals surface area contributed by atoms with Gasteiger partial charge in [0.1, 0.15) is 0 Å². The highest BCUT2D eigenvalue weighted by Crippen LogP contribution is 2.25. The number of hydrogen-bond donors (Lipinski definition) is 1. The van der Waals surface area contributed by atoms with Gasteiger partial charge in [-0.3, -0.25) is 9.78 Å². The van der Waals surface area contributed by atoms with Gasteiger partial charge in [-0.25, -0.2) is 0 Å². The fourth-order valence-electron chi connectivity index (χ4n) is 2.82. The van der Waals surface area contributed by atoms with Crippen LogP contribution in [0.3, 0.4) is 0 Å². The van der Waals surface area contributed by atoms with E-state index >= 15 is 0 Å². The molecule has 110 valence electrons. The lowest BCUT2D eigenvalue weighted by Gasteiger charge is -2.25. The van der Waals surface area contributed by atoms with E-state index in [1.165, 1.54) is 0 Å². The zero-order chi connectivity index (χ0) is 14.5. The van der Waals surface area contributed by atoms with E-state index in [0.29, 0.717) is 11.6 Å². The van der Waals surface area contributed by atoms with Crippen LogP contribution in [0, 0.1) is 6.92 Å². The van der Waals surface area contributed by atoms with Gasteiger partial charge in [0.05, 0.1) is 11.3 Å². The standard InChI is InChI=1S/C16H25N3O/c1-4-8-17-15-10-12(3)18-11-14(15)16(20)19-9-6-7-13(19)5-2/h10-11,13H,4-9H2,1-3H3,(H,17,18). The summed E-state index contributed by atoms with van der Waals surface area (Å²) in [6.07, 6.45) is 6.03. The second-order valence-corrected chi connectivity index (χ2v) is 5.50. The van der Waals surface area contributed by atoms with Gasteiger partial charge < -0.3 is 10.2 Å². The molecule has 1 fully saturated rings. The van der Waals surface area contributed by atoms with Crippen LogP contribution in [0.15, 0.2) is 12.3 Å². The van der Waals surface area contributed by atoms with E-state index in [2.05, 4.69) is 24.1 Å². The van der Waals surface area contributed by atoms with Crippen LogP contribution in [-0.2, 0) is 0 Å². The van der Waals surface area contributed by atoms with Gasteiger partial charge in [-0.05, 0) is 38.7 Å². The summed E-state index contributed by atoms with van der Waals surface area (Å²) in [7, 11) is 0. The van der Waals surface area contributed by atoms with E-state index in [0.717, 1.165) is 50.2 Å². The number of pyridine rings is 1. The van der Waals surface area contributed by atoms with Gasteiger partial charge in [0.15, 0.2) is 0 Å². The molecule has 4 heteroatoms. The number of carbonyl (C=O) groups excluding carboxylic acids is 1. The van der Waals surface area contributed by atoms with Crippen molar-refractivity contribution in [3.63, 3.8) is 0 Å². The Hall–Kier alpha value is -1.58. The Kier molecular flexibility index (Phi) is 4.99. The third-order valence-corrected chi connectivity index (χ3v) is 3.95. The van der Waals surface area contributed by atoms with Gasteiger partial charge in [0.25, 0.3) is 5.91 Å². The molecule has 2 heterocycles. The normalized spacial score (nSPS) is 18.4. The third-order valence-electron chi connectivity index (χ3n) is 3.95. The van der Waals surface area contributed by atoms with Crippen LogP contribution in [0.5, 0.6) is 0 Å². The van der Waals surface area contributed by atoms with Crippen molar-refractivity contribution in [2.24, 2.45) is 0 Å². The van der Waals surface area contributed by atoms with Crippen molar-refractivity contribution in [3.05, 3.63) is 23.5 Å². The molecule has 0 spiro atoms. The van der Waals surface area contributed by atoms with Crippen molar-refractivity contribution in [1.82, 2.24) is 9.88 Å². The number of amides is 1. The van der Waals surface area contributed by atoms with Crippen LogP contribution in [0.4, 0.5) is 5.69 Å². The molecule has 20 heavy (non-hydrogen) atoms. The average molecular weight is 275 g/mol. The maximum atomic E-state index is 12.8. The fourth-order valence-corrected chi connectivity index (χ4v) is 2.82. The van der Waals surface area contributed by atoms with E-state index in [1.54, 1.807) is 6.20 Å². The number of rotatable bonds is 5. The zero-order valence-corrected chi connectivity index (χ0v) is 12.8. The third kappa shape index (κ3) is 3.11. The minimum absolute atomic E-state index is 0.125. The summed E-state index contributed by atoms with van der Waals surface area (Å²) in [6, 6.07) is 2.36. The molecule has 1 aliphatic heterocycles. The van der Waals surface area contributed by atoms with Gasteiger partial charge >= 0.3 is 0 Å². The van der Waals surface area contributed by atoms with E-state index in [-0.39, 0.29) is 5.91 Å². The Morgan fingerprint density at radius 2 is 2.30 bits per heavy atom. The summed E-state index contributed by atoms with van der Waals surface area (Å²) in [4.78, 5) is 19.1. The van der Waals surface area contributed by atoms with Crippen molar-refractivity contribution < 1.29 is 4.79 Å². The number of aryl methyl sites for hydroxylation is 1. The number of likely N-dealkylation sites (tertiary alicyclic amines) is 1. The molecular weight excluding hydrogens is 250 g/mol. The topological polar surface area (TPSA) is 45.2 Å². The van der Waals surface area contributed by atoms with E-state index in [4.69, 9.17) is 0 Å². The predicted octanol–water partition coefficient (Wildman–Crippen LogP) is 3.23. The van der Waals surface area contributed by atoms with Gasteiger partial charge in [-0.2, -0.15) is 0 Å². The Morgan fingerprint density at radius 3 is 3.00 bits per heavy atom. The molecule has 4 nitrogen and oxygen atoms in total. The molecule has 1 saturated heterocycles. The number of aromatic nitrogens is 1. The Labute approximate surface area is 121 Å². The van der Waals surface area contributed by atoms with E-state index in [1.807, 2.05) is 17.9 Å². The number of nitrogens with zero attached hydrogens (tertiary/aromatic N) is 2. The lowest BCUT2D eigenvalue weighted by Crippen LogP contribution is -2.35. The summed E-state index contributed by atoms with van der Waals surface area (Å²) >= 11 is 0. The van der Waals surface area contributed by atoms with Gasteiger partial charge in [0, 0.05) is 31.0 Å². The molecule has 1 atom stereocenters. The molecule has 0 aromatic carbocycles. The molecule has 1 aromatic rings. The van der Waals surface area contributed by atoms with Crippen LogP contribution >= 0.6 is 0 Å². The SMILES string of the molecule is CCCNc1cc(C)ncc1C(=O)N1CCCC1CC. The first kappa shape index (κ1) is 14.8. The number of nitrogens with one attached hydrogen (secondary N) is 1. The molecule has 0 bridgehead atoms. The molecular formula is C16H25N3O. The molecule has 1 N–H and O–H groups in total. The number of anilines is 1. The molecule has 1 unspecified atom stereocenters. The minimum Gasteiger partial charge on any atom is -0.384 e. The smallest absolute Gasteiger partial charge is 0.257 e. The van der Waals surface area contributed by atoms with Crippen LogP contribution < -0.4 is 5.32 Å². The zero-order valence-electron chi connectivity index (χ0n) is 12.8. The second-order valence-electron chi connectivity index (χ2n) is 5.50. The van der Waals surface area contributed by atoms with E-state index < -0.39 is 0 Å². The Morgan fingerprint density at radius 1 is 1.50 bits per heavy atom. The van der Waals surface area contributed by atoms with Crippen LogP contribution in [-0.4, -0.2) is 34.9 Å². The van der Waals surface area contributed by atoms with Crippen molar-refractivity contribution in [1.29, 1.82) is 0 Å². The Bertz CT molecular complexity index is 473. The van der Waals surface area contributed by atoms with Crippen LogP contribution in [0.25, 0.3) is 0 Å². The fraction of sp³-hybridized carbons (Fsp3) is 0.625. The summed E-state index contributed by atoms with van der Waals surface area (Å²) in [6.45, 7) is 7.98. The molecule has 0 saturated carbocycles. The van der Waals surface area contributed by atoms with Gasteiger partial charge in [-0.1, -0.05) is 13.8 Å². The highest BCUT2D eigenvalue weighted by atomic mass is 16.2. The average Bonchev–Trinajstić information content (AvgIpc) is 2.93. The molecule has 0 aliphatic carbocycles. The largest absolute Gasteiger partial charge is 0.384 e. The number of hydrogen-bond acceptors (Lipinski definition) is 3. The summed E-state index contributed by atoms with van der Waals surface area (Å²) in [5.74, 6) is 0.125. The number of carbonyl (C=O) groups is 1. The van der Waals surface area contributed by atoms with Crippen LogP contribution in [0.2, 0.25) is 0 Å². The Balaban J connectivity index is 2.24. The van der Waals surface area contributed by atoms with Crippen molar-refractivity contribution in [2.75, 3.05) is 18.4 Å². The quantitative estimate of drug-likeness (QED) is 0.897. The maximum Gasteiger partial charge on any atom is 0.257 e. The van der Waals surface area contributed by atoms with Crippen LogP contribution in [0.1, 0.15) is 55.6 Å². The van der Waals surface area contributed by atoms with Crippen molar-refractivity contribution in [3.8, 4) is 0 Å². The lowest BCUT2D eigenvalue weighted by molar-refractivity contribution is 0.0734. The lowest BCUT2D eigenvalue weighted by atomic mass is 10.1. The summed E-state index contributed by atoms with van der Waals surface area (Å²) < 4.78 is 0. The minimum atomic E-state index is 0.125. The van der Waals surface area contributed by atoms with Gasteiger partial charge in [0.2, 0.25) is 0 Å². The summed E-state index contributed by atoms with van der Waals surface area (Å²) in [5.41, 5.74) is 2.57. The monoisotopic (exact) mass is 275 g/mol. The molecule has 1 amide bonds. The second kappa shape index (κ2) is 6.73. The molecule has 2 rings (SSSR count). The highest BCUT2D eigenvalue weighted by molar-refractivity contribution is 5.99. The molecule has 1 aromatic heterocycles. The first-order valence-electron chi connectivity index (χ1n) is 7.68. The molecule has 1 aliphatic rings. The maximum absolute atomic E-state index is 12.8. The molecule has 0 radical (unpaired) electrons. The van der Waals surface area contributed by atoms with Gasteiger partial charge in [-0.15, -0.1) is 0 Å². The van der Waals surface area contributed by atoms with E-state index in [9.17, 15) is 4.79 Å².